The highest BCUT2D eigenvalue weighted by Crippen LogP contribution is 2.32. The zero-order valence-corrected chi connectivity index (χ0v) is 17.8. The van der Waals surface area contributed by atoms with Crippen molar-refractivity contribution in [2.45, 2.75) is 19.9 Å². The van der Waals surface area contributed by atoms with Gasteiger partial charge in [0.1, 0.15) is 11.5 Å². The minimum absolute atomic E-state index is 0.0597. The fourth-order valence-corrected chi connectivity index (χ4v) is 3.49. The molecule has 154 valence electrons. The second-order valence-corrected chi connectivity index (χ2v) is 7.64. The van der Waals surface area contributed by atoms with Crippen LogP contribution in [0.3, 0.4) is 0 Å². The number of halogens is 2. The number of carbonyl (C=O) groups is 2. The Hall–Kier alpha value is -3.02. The van der Waals surface area contributed by atoms with Crippen molar-refractivity contribution in [2.75, 3.05) is 4.90 Å². The van der Waals surface area contributed by atoms with E-state index in [1.807, 2.05) is 18.2 Å². The zero-order chi connectivity index (χ0) is 21.8. The van der Waals surface area contributed by atoms with Crippen LogP contribution in [0.4, 0.5) is 5.69 Å². The Morgan fingerprint density at radius 3 is 2.20 bits per heavy atom. The van der Waals surface area contributed by atoms with E-state index in [1.54, 1.807) is 44.2 Å². The summed E-state index contributed by atoms with van der Waals surface area (Å²) in [5, 5.41) is 10.4. The summed E-state index contributed by atoms with van der Waals surface area (Å²) in [4.78, 5) is 26.6. The van der Waals surface area contributed by atoms with Crippen LogP contribution < -0.4 is 9.64 Å². The molecular weight excluding hydrogens is 425 g/mol. The Labute approximate surface area is 184 Å². The molecule has 1 N–H and O–H groups in total. The molecule has 0 aliphatic heterocycles. The molecule has 0 spiro atoms. The van der Waals surface area contributed by atoms with Crippen molar-refractivity contribution < 1.29 is 19.4 Å². The summed E-state index contributed by atoms with van der Waals surface area (Å²) in [6.45, 7) is 3.59. The van der Waals surface area contributed by atoms with Gasteiger partial charge in [0, 0.05) is 11.1 Å². The van der Waals surface area contributed by atoms with Crippen LogP contribution in [0, 0.1) is 0 Å². The SMILES string of the molecule is CC(C)N(C(=O)c1ccc(Cl)cc1Cl)c1ccc(Oc2ccccc2)cc1C(=O)O. The lowest BCUT2D eigenvalue weighted by Crippen LogP contribution is -2.38. The Balaban J connectivity index is 2.03. The quantitative estimate of drug-likeness (QED) is 0.469. The molecule has 3 rings (SSSR count). The number of hydrogen-bond donors (Lipinski definition) is 1. The maximum Gasteiger partial charge on any atom is 0.337 e. The van der Waals surface area contributed by atoms with E-state index in [0.717, 1.165) is 0 Å². The first-order valence-corrected chi connectivity index (χ1v) is 9.92. The Bertz CT molecular complexity index is 1080. The van der Waals surface area contributed by atoms with Crippen LogP contribution in [0.5, 0.6) is 11.5 Å². The van der Waals surface area contributed by atoms with Crippen molar-refractivity contribution in [1.82, 2.24) is 0 Å². The Morgan fingerprint density at radius 1 is 0.900 bits per heavy atom. The summed E-state index contributed by atoms with van der Waals surface area (Å²) in [6, 6.07) is 17.8. The van der Waals surface area contributed by atoms with E-state index in [2.05, 4.69) is 0 Å². The van der Waals surface area contributed by atoms with Crippen molar-refractivity contribution in [2.24, 2.45) is 0 Å². The molecule has 7 heteroatoms. The van der Waals surface area contributed by atoms with Crippen molar-refractivity contribution in [3.63, 3.8) is 0 Å². The number of carboxylic acid groups (broad SMARTS) is 1. The summed E-state index contributed by atoms with van der Waals surface area (Å²) < 4.78 is 5.74. The minimum Gasteiger partial charge on any atom is -0.478 e. The molecular formula is C23H19Cl2NO4. The highest BCUT2D eigenvalue weighted by molar-refractivity contribution is 6.37. The van der Waals surface area contributed by atoms with E-state index >= 15 is 0 Å². The molecule has 0 aliphatic carbocycles. The van der Waals surface area contributed by atoms with Gasteiger partial charge in [-0.25, -0.2) is 4.79 Å². The topological polar surface area (TPSA) is 66.8 Å². The number of aromatic carboxylic acids is 1. The van der Waals surface area contributed by atoms with Gasteiger partial charge in [0.05, 0.1) is 21.8 Å². The number of para-hydroxylation sites is 1. The maximum absolute atomic E-state index is 13.2. The number of anilines is 1. The molecule has 0 radical (unpaired) electrons. The third-order valence-electron chi connectivity index (χ3n) is 4.33. The van der Waals surface area contributed by atoms with Crippen LogP contribution in [0.15, 0.2) is 66.7 Å². The second-order valence-electron chi connectivity index (χ2n) is 6.79. The normalized spacial score (nSPS) is 10.7. The zero-order valence-electron chi connectivity index (χ0n) is 16.3. The molecule has 0 atom stereocenters. The van der Waals surface area contributed by atoms with Crippen molar-refractivity contribution >= 4 is 40.8 Å². The molecule has 3 aromatic rings. The summed E-state index contributed by atoms with van der Waals surface area (Å²) in [6.07, 6.45) is 0. The molecule has 0 heterocycles. The molecule has 3 aromatic carbocycles. The van der Waals surface area contributed by atoms with Crippen molar-refractivity contribution in [3.8, 4) is 11.5 Å². The van der Waals surface area contributed by atoms with Crippen molar-refractivity contribution in [3.05, 3.63) is 87.9 Å². The smallest absolute Gasteiger partial charge is 0.337 e. The van der Waals surface area contributed by atoms with Gasteiger partial charge in [-0.05, 0) is 62.4 Å². The molecule has 0 bridgehead atoms. The van der Waals surface area contributed by atoms with Crippen LogP contribution in [0.25, 0.3) is 0 Å². The summed E-state index contributed by atoms with van der Waals surface area (Å²) in [5.74, 6) is -0.676. The third kappa shape index (κ3) is 4.75. The first kappa shape index (κ1) is 21.7. The van der Waals surface area contributed by atoms with Crippen LogP contribution in [-0.4, -0.2) is 23.0 Å². The summed E-state index contributed by atoms with van der Waals surface area (Å²) in [7, 11) is 0. The lowest BCUT2D eigenvalue weighted by atomic mass is 10.1. The monoisotopic (exact) mass is 443 g/mol. The van der Waals surface area contributed by atoms with Gasteiger partial charge in [-0.1, -0.05) is 41.4 Å². The minimum atomic E-state index is -1.18. The molecule has 0 aliphatic rings. The summed E-state index contributed by atoms with van der Waals surface area (Å²) >= 11 is 12.1. The van der Waals surface area contributed by atoms with Gasteiger partial charge in [-0.15, -0.1) is 0 Å². The molecule has 0 saturated heterocycles. The average molecular weight is 444 g/mol. The van der Waals surface area contributed by atoms with Gasteiger partial charge in [0.25, 0.3) is 5.91 Å². The maximum atomic E-state index is 13.2. The first-order chi connectivity index (χ1) is 14.3. The standard InChI is InChI=1S/C23H19Cl2NO4/c1-14(2)26(22(27)18-10-8-15(24)12-20(18)25)21-11-9-17(13-19(21)23(28)29)30-16-6-4-3-5-7-16/h3-14H,1-2H3,(H,28,29). The highest BCUT2D eigenvalue weighted by atomic mass is 35.5. The lowest BCUT2D eigenvalue weighted by molar-refractivity contribution is 0.0697. The first-order valence-electron chi connectivity index (χ1n) is 9.16. The number of amides is 1. The molecule has 0 aromatic heterocycles. The van der Waals surface area contributed by atoms with Crippen LogP contribution in [-0.2, 0) is 0 Å². The molecule has 5 nitrogen and oxygen atoms in total. The van der Waals surface area contributed by atoms with Gasteiger partial charge >= 0.3 is 5.97 Å². The molecule has 0 fully saturated rings. The number of carboxylic acids is 1. The number of benzene rings is 3. The summed E-state index contributed by atoms with van der Waals surface area (Å²) in [5.41, 5.74) is 0.417. The van der Waals surface area contributed by atoms with Gasteiger partial charge in [0.15, 0.2) is 0 Å². The molecule has 1 amide bonds. The number of nitrogens with zero attached hydrogens (tertiary/aromatic N) is 1. The van der Waals surface area contributed by atoms with E-state index in [4.69, 9.17) is 27.9 Å². The molecule has 0 unspecified atom stereocenters. The fourth-order valence-electron chi connectivity index (χ4n) is 3.00. The van der Waals surface area contributed by atoms with Crippen LogP contribution in [0.2, 0.25) is 10.0 Å². The molecule has 0 saturated carbocycles. The van der Waals surface area contributed by atoms with Crippen LogP contribution >= 0.6 is 23.2 Å². The Morgan fingerprint density at radius 2 is 1.60 bits per heavy atom. The number of hydrogen-bond acceptors (Lipinski definition) is 3. The van der Waals surface area contributed by atoms with Crippen LogP contribution in [0.1, 0.15) is 34.6 Å². The Kier molecular flexibility index (Phi) is 6.65. The fraction of sp³-hybridized carbons (Fsp3) is 0.130. The van der Waals surface area contributed by atoms with E-state index in [-0.39, 0.29) is 27.9 Å². The van der Waals surface area contributed by atoms with Gasteiger partial charge in [-0.2, -0.15) is 0 Å². The van der Waals surface area contributed by atoms with Gasteiger partial charge in [-0.3, -0.25) is 4.79 Å². The largest absolute Gasteiger partial charge is 0.478 e. The van der Waals surface area contributed by atoms with Crippen molar-refractivity contribution in [1.29, 1.82) is 0 Å². The predicted molar refractivity (Wildman–Crippen MR) is 118 cm³/mol. The molecule has 30 heavy (non-hydrogen) atoms. The second kappa shape index (κ2) is 9.20. The van der Waals surface area contributed by atoms with Gasteiger partial charge in [0.2, 0.25) is 0 Å². The third-order valence-corrected chi connectivity index (χ3v) is 4.88. The van der Waals surface area contributed by atoms with Gasteiger partial charge < -0.3 is 14.7 Å². The van der Waals surface area contributed by atoms with E-state index in [9.17, 15) is 14.7 Å². The number of rotatable bonds is 6. The predicted octanol–water partition coefficient (Wildman–Crippen LogP) is 6.54. The van der Waals surface area contributed by atoms with E-state index < -0.39 is 11.9 Å². The number of carbonyl (C=O) groups excluding carboxylic acids is 1. The highest BCUT2D eigenvalue weighted by Gasteiger charge is 2.27. The average Bonchev–Trinajstić information content (AvgIpc) is 2.69. The number of ether oxygens (including phenoxy) is 1. The lowest BCUT2D eigenvalue weighted by Gasteiger charge is -2.29. The van der Waals surface area contributed by atoms with E-state index in [0.29, 0.717) is 16.5 Å². The van der Waals surface area contributed by atoms with E-state index in [1.165, 1.54) is 23.1 Å².